The molecule has 20 heavy (non-hydrogen) atoms. The van der Waals surface area contributed by atoms with E-state index in [0.717, 1.165) is 32.4 Å². The second kappa shape index (κ2) is 6.24. The first kappa shape index (κ1) is 14.0. The summed E-state index contributed by atoms with van der Waals surface area (Å²) in [5.74, 6) is 0.279. The molecular formula is C15H23N3OS. The molecule has 2 unspecified atom stereocenters. The van der Waals surface area contributed by atoms with Crippen molar-refractivity contribution >= 4 is 17.2 Å². The number of thiophene rings is 1. The summed E-state index contributed by atoms with van der Waals surface area (Å²) in [5.41, 5.74) is 5.79. The van der Waals surface area contributed by atoms with Crippen molar-refractivity contribution in [1.82, 2.24) is 9.80 Å². The lowest BCUT2D eigenvalue weighted by Crippen LogP contribution is -2.44. The van der Waals surface area contributed by atoms with Gasteiger partial charge in [0.05, 0.1) is 12.6 Å². The quantitative estimate of drug-likeness (QED) is 0.921. The highest BCUT2D eigenvalue weighted by Gasteiger charge is 2.33. The van der Waals surface area contributed by atoms with E-state index in [4.69, 9.17) is 5.73 Å². The third-order valence-electron chi connectivity index (χ3n) is 4.55. The Hall–Kier alpha value is -0.910. The maximum atomic E-state index is 12.6. The van der Waals surface area contributed by atoms with Gasteiger partial charge in [0.25, 0.3) is 0 Å². The van der Waals surface area contributed by atoms with E-state index in [2.05, 4.69) is 27.3 Å². The number of amides is 1. The Bertz CT molecular complexity index is 448. The molecule has 0 bridgehead atoms. The minimum Gasteiger partial charge on any atom is -0.334 e. The van der Waals surface area contributed by atoms with Crippen molar-refractivity contribution < 1.29 is 4.79 Å². The van der Waals surface area contributed by atoms with Crippen LogP contribution < -0.4 is 5.73 Å². The monoisotopic (exact) mass is 293 g/mol. The van der Waals surface area contributed by atoms with E-state index in [1.807, 2.05) is 0 Å². The summed E-state index contributed by atoms with van der Waals surface area (Å²) in [5, 5.41) is 2.10. The van der Waals surface area contributed by atoms with Gasteiger partial charge in [0.15, 0.2) is 0 Å². The van der Waals surface area contributed by atoms with Crippen molar-refractivity contribution in [3.8, 4) is 0 Å². The molecule has 0 radical (unpaired) electrons. The van der Waals surface area contributed by atoms with Crippen LogP contribution in [0.4, 0.5) is 0 Å². The van der Waals surface area contributed by atoms with Crippen LogP contribution in [0.1, 0.15) is 36.6 Å². The number of likely N-dealkylation sites (tertiary alicyclic amines) is 2. The maximum absolute atomic E-state index is 12.6. The highest BCUT2D eigenvalue weighted by atomic mass is 32.1. The predicted molar refractivity (Wildman–Crippen MR) is 81.7 cm³/mol. The van der Waals surface area contributed by atoms with Gasteiger partial charge in [-0.05, 0) is 43.7 Å². The van der Waals surface area contributed by atoms with Gasteiger partial charge in [-0.25, -0.2) is 0 Å². The molecule has 2 atom stereocenters. The third kappa shape index (κ3) is 2.75. The zero-order valence-electron chi connectivity index (χ0n) is 11.8. The molecule has 3 rings (SSSR count). The average molecular weight is 293 g/mol. The molecule has 2 aliphatic rings. The molecule has 110 valence electrons. The molecule has 0 saturated carbocycles. The molecule has 1 aromatic heterocycles. The predicted octanol–water partition coefficient (Wildman–Crippen LogP) is 1.83. The van der Waals surface area contributed by atoms with Gasteiger partial charge < -0.3 is 10.6 Å². The summed E-state index contributed by atoms with van der Waals surface area (Å²) in [6, 6.07) is 4.94. The zero-order chi connectivity index (χ0) is 13.9. The molecule has 1 amide bonds. The van der Waals surface area contributed by atoms with Gasteiger partial charge in [0.1, 0.15) is 0 Å². The summed E-state index contributed by atoms with van der Waals surface area (Å²) in [7, 11) is 0. The fraction of sp³-hybridized carbons (Fsp3) is 0.667. The number of carbonyl (C=O) groups excluding carboxylic acids is 1. The molecule has 2 saturated heterocycles. The first-order chi connectivity index (χ1) is 9.79. The summed E-state index contributed by atoms with van der Waals surface area (Å²) < 4.78 is 0. The minimum atomic E-state index is 0.279. The smallest absolute Gasteiger partial charge is 0.237 e. The Labute approximate surface area is 124 Å². The standard InChI is InChI=1S/C15H23N3OS/c16-10-12-4-1-7-17(12)11-15(19)18-8-2-5-13(18)14-6-3-9-20-14/h3,6,9,12-13H,1-2,4-5,7-8,10-11,16H2. The Morgan fingerprint density at radius 2 is 2.20 bits per heavy atom. The van der Waals surface area contributed by atoms with Crippen molar-refractivity contribution in [2.45, 2.75) is 37.8 Å². The van der Waals surface area contributed by atoms with Crippen LogP contribution in [-0.2, 0) is 4.79 Å². The highest BCUT2D eigenvalue weighted by molar-refractivity contribution is 7.10. The van der Waals surface area contributed by atoms with Crippen LogP contribution in [0.5, 0.6) is 0 Å². The van der Waals surface area contributed by atoms with E-state index in [9.17, 15) is 4.79 Å². The fourth-order valence-corrected chi connectivity index (χ4v) is 4.35. The van der Waals surface area contributed by atoms with E-state index in [0.29, 0.717) is 25.2 Å². The molecule has 4 nitrogen and oxygen atoms in total. The minimum absolute atomic E-state index is 0.279. The molecule has 3 heterocycles. The fourth-order valence-electron chi connectivity index (χ4n) is 3.48. The first-order valence-corrected chi connectivity index (χ1v) is 8.44. The normalized spacial score (nSPS) is 27.4. The van der Waals surface area contributed by atoms with Gasteiger partial charge >= 0.3 is 0 Å². The van der Waals surface area contributed by atoms with Crippen molar-refractivity contribution in [3.05, 3.63) is 22.4 Å². The van der Waals surface area contributed by atoms with Crippen LogP contribution in [0.2, 0.25) is 0 Å². The molecule has 0 spiro atoms. The van der Waals surface area contributed by atoms with Gasteiger partial charge in [-0.15, -0.1) is 11.3 Å². The molecule has 2 N–H and O–H groups in total. The lowest BCUT2D eigenvalue weighted by Gasteiger charge is -2.28. The topological polar surface area (TPSA) is 49.6 Å². The largest absolute Gasteiger partial charge is 0.334 e. The highest BCUT2D eigenvalue weighted by Crippen LogP contribution is 2.34. The van der Waals surface area contributed by atoms with Gasteiger partial charge in [-0.2, -0.15) is 0 Å². The van der Waals surface area contributed by atoms with Gasteiger partial charge in [0, 0.05) is 24.0 Å². The lowest BCUT2D eigenvalue weighted by atomic mass is 10.2. The van der Waals surface area contributed by atoms with Crippen molar-refractivity contribution in [2.75, 3.05) is 26.2 Å². The SMILES string of the molecule is NCC1CCCN1CC(=O)N1CCCC1c1cccs1. The van der Waals surface area contributed by atoms with Gasteiger partial charge in [-0.3, -0.25) is 9.69 Å². The van der Waals surface area contributed by atoms with E-state index in [1.54, 1.807) is 11.3 Å². The molecule has 2 fully saturated rings. The number of hydrogen-bond donors (Lipinski definition) is 1. The van der Waals surface area contributed by atoms with Crippen molar-refractivity contribution in [1.29, 1.82) is 0 Å². The molecule has 0 aliphatic carbocycles. The number of rotatable bonds is 4. The lowest BCUT2D eigenvalue weighted by molar-refractivity contribution is -0.133. The van der Waals surface area contributed by atoms with E-state index in [-0.39, 0.29) is 5.91 Å². The summed E-state index contributed by atoms with van der Waals surface area (Å²) in [4.78, 5) is 18.3. The average Bonchev–Trinajstić information content (AvgIpc) is 3.19. The van der Waals surface area contributed by atoms with Gasteiger partial charge in [-0.1, -0.05) is 6.07 Å². The van der Waals surface area contributed by atoms with Gasteiger partial charge in [0.2, 0.25) is 5.91 Å². The molecule has 2 aliphatic heterocycles. The van der Waals surface area contributed by atoms with Crippen molar-refractivity contribution in [2.24, 2.45) is 5.73 Å². The Morgan fingerprint density at radius 3 is 2.95 bits per heavy atom. The van der Waals surface area contributed by atoms with Crippen LogP contribution in [0.25, 0.3) is 0 Å². The molecule has 0 aromatic carbocycles. The Morgan fingerprint density at radius 1 is 1.35 bits per heavy atom. The zero-order valence-corrected chi connectivity index (χ0v) is 12.6. The third-order valence-corrected chi connectivity index (χ3v) is 5.53. The van der Waals surface area contributed by atoms with E-state index in [1.165, 1.54) is 11.3 Å². The van der Waals surface area contributed by atoms with E-state index < -0.39 is 0 Å². The molecule has 5 heteroatoms. The first-order valence-electron chi connectivity index (χ1n) is 7.56. The summed E-state index contributed by atoms with van der Waals surface area (Å²) >= 11 is 1.76. The van der Waals surface area contributed by atoms with Crippen LogP contribution in [0, 0.1) is 0 Å². The molecular weight excluding hydrogens is 270 g/mol. The number of nitrogens with zero attached hydrogens (tertiary/aromatic N) is 2. The molecule has 1 aromatic rings. The van der Waals surface area contributed by atoms with Crippen LogP contribution in [0.15, 0.2) is 17.5 Å². The van der Waals surface area contributed by atoms with Crippen LogP contribution in [0.3, 0.4) is 0 Å². The van der Waals surface area contributed by atoms with Crippen LogP contribution >= 0.6 is 11.3 Å². The number of nitrogens with two attached hydrogens (primary N) is 1. The Balaban J connectivity index is 1.64. The van der Waals surface area contributed by atoms with Crippen LogP contribution in [-0.4, -0.2) is 47.9 Å². The summed E-state index contributed by atoms with van der Waals surface area (Å²) in [6.07, 6.45) is 4.53. The maximum Gasteiger partial charge on any atom is 0.237 e. The Kier molecular flexibility index (Phi) is 4.38. The van der Waals surface area contributed by atoms with E-state index >= 15 is 0 Å². The second-order valence-electron chi connectivity index (χ2n) is 5.76. The second-order valence-corrected chi connectivity index (χ2v) is 6.74. The van der Waals surface area contributed by atoms with Crippen molar-refractivity contribution in [3.63, 3.8) is 0 Å². The summed E-state index contributed by atoms with van der Waals surface area (Å²) in [6.45, 7) is 3.14. The number of hydrogen-bond acceptors (Lipinski definition) is 4. The number of carbonyl (C=O) groups is 1.